The van der Waals surface area contributed by atoms with E-state index in [-0.39, 0.29) is 12.4 Å². The van der Waals surface area contributed by atoms with Gasteiger partial charge in [0.2, 0.25) is 0 Å². The van der Waals surface area contributed by atoms with E-state index in [1.54, 1.807) is 0 Å². The van der Waals surface area contributed by atoms with Crippen molar-refractivity contribution in [3.05, 3.63) is 0 Å². The highest BCUT2D eigenvalue weighted by Crippen LogP contribution is 2.14. The summed E-state index contributed by atoms with van der Waals surface area (Å²) in [4.78, 5) is 0. The second-order valence-corrected chi connectivity index (χ2v) is 6.48. The van der Waals surface area contributed by atoms with E-state index in [1.165, 1.54) is 83.5 Å². The van der Waals surface area contributed by atoms with Gasteiger partial charge in [-0.15, -0.1) is 0 Å². The van der Waals surface area contributed by atoms with Gasteiger partial charge in [-0.2, -0.15) is 0 Å². The number of unbranched alkanes of at least 4 members (excludes halogenated alkanes) is 8. The number of piperidine rings is 1. The van der Waals surface area contributed by atoms with Crippen LogP contribution in [-0.2, 0) is 0 Å². The molecule has 1 heterocycles. The molecule has 2 atom stereocenters. The second-order valence-electron chi connectivity index (χ2n) is 6.48. The van der Waals surface area contributed by atoms with Gasteiger partial charge in [0, 0.05) is 0 Å². The molecule has 0 radical (unpaired) electrons. The van der Waals surface area contributed by atoms with Crippen molar-refractivity contribution in [1.29, 1.82) is 0 Å². The predicted molar refractivity (Wildman–Crippen MR) is 80.9 cm³/mol. The fourth-order valence-electron chi connectivity index (χ4n) is 3.32. The van der Waals surface area contributed by atoms with E-state index in [0.717, 1.165) is 12.1 Å². The Kier molecular flexibility index (Phi) is 13.4. The van der Waals surface area contributed by atoms with E-state index < -0.39 is 0 Å². The molecule has 1 fully saturated rings. The third-order valence-electron chi connectivity index (χ3n) is 4.51. The van der Waals surface area contributed by atoms with Crippen LogP contribution in [-0.4, -0.2) is 12.1 Å². The number of hydrogen-bond acceptors (Lipinski definition) is 0. The minimum absolute atomic E-state index is 0. The highest BCUT2D eigenvalue weighted by Gasteiger charge is 2.20. The summed E-state index contributed by atoms with van der Waals surface area (Å²) in [7, 11) is 0. The first-order valence-corrected chi connectivity index (χ1v) is 8.68. The Morgan fingerprint density at radius 1 is 0.842 bits per heavy atom. The van der Waals surface area contributed by atoms with Gasteiger partial charge < -0.3 is 17.7 Å². The quantitative estimate of drug-likeness (QED) is 0.586. The summed E-state index contributed by atoms with van der Waals surface area (Å²) < 4.78 is 0. The Morgan fingerprint density at radius 2 is 1.42 bits per heavy atom. The van der Waals surface area contributed by atoms with Crippen LogP contribution in [0, 0.1) is 0 Å². The van der Waals surface area contributed by atoms with Gasteiger partial charge >= 0.3 is 0 Å². The van der Waals surface area contributed by atoms with Crippen LogP contribution < -0.4 is 17.7 Å². The molecule has 0 aliphatic carbocycles. The highest BCUT2D eigenvalue weighted by molar-refractivity contribution is 4.63. The van der Waals surface area contributed by atoms with Gasteiger partial charge in [-0.3, -0.25) is 0 Å². The molecule has 0 spiro atoms. The first-order chi connectivity index (χ1) is 8.83. The summed E-state index contributed by atoms with van der Waals surface area (Å²) in [6.07, 6.45) is 19.0. The SMILES string of the molecule is CCCCCCCCCCC[C@@H]1CCC[C@@H](C)[NH2+]1.[Cl-]. The first kappa shape index (κ1) is 19.2. The average molecular weight is 290 g/mol. The van der Waals surface area contributed by atoms with E-state index in [0.29, 0.717) is 0 Å². The van der Waals surface area contributed by atoms with E-state index >= 15 is 0 Å². The molecule has 0 aromatic heterocycles. The van der Waals surface area contributed by atoms with E-state index in [1.807, 2.05) is 0 Å². The van der Waals surface area contributed by atoms with E-state index in [2.05, 4.69) is 19.2 Å². The molecule has 0 aromatic rings. The zero-order chi connectivity index (χ0) is 13.1. The molecule has 1 nitrogen and oxygen atoms in total. The van der Waals surface area contributed by atoms with Gasteiger partial charge in [-0.25, -0.2) is 0 Å². The molecule has 0 amide bonds. The minimum atomic E-state index is 0. The summed E-state index contributed by atoms with van der Waals surface area (Å²) in [5.74, 6) is 0. The Hall–Kier alpha value is 0.250. The molecule has 1 saturated heterocycles. The monoisotopic (exact) mass is 289 g/mol. The van der Waals surface area contributed by atoms with Crippen molar-refractivity contribution < 1.29 is 17.7 Å². The van der Waals surface area contributed by atoms with Gasteiger partial charge in [0.05, 0.1) is 12.1 Å². The van der Waals surface area contributed by atoms with Crippen LogP contribution in [0.2, 0.25) is 0 Å². The van der Waals surface area contributed by atoms with Crippen LogP contribution in [0.4, 0.5) is 0 Å². The molecular weight excluding hydrogens is 254 g/mol. The Labute approximate surface area is 127 Å². The topological polar surface area (TPSA) is 16.6 Å². The van der Waals surface area contributed by atoms with Crippen LogP contribution in [0.15, 0.2) is 0 Å². The largest absolute Gasteiger partial charge is 1.00 e. The molecule has 1 aliphatic heterocycles. The van der Waals surface area contributed by atoms with Crippen LogP contribution in [0.1, 0.15) is 97.3 Å². The molecule has 2 N–H and O–H groups in total. The molecular formula is C17H36ClN. The summed E-state index contributed by atoms with van der Waals surface area (Å²) >= 11 is 0. The highest BCUT2D eigenvalue weighted by atomic mass is 35.5. The minimum Gasteiger partial charge on any atom is -1.00 e. The number of quaternary nitrogens is 1. The second kappa shape index (κ2) is 13.2. The van der Waals surface area contributed by atoms with Crippen molar-refractivity contribution in [2.24, 2.45) is 0 Å². The molecule has 0 bridgehead atoms. The maximum Gasteiger partial charge on any atom is 0.0861 e. The number of nitrogens with two attached hydrogens (primary N) is 1. The van der Waals surface area contributed by atoms with Crippen LogP contribution in [0.5, 0.6) is 0 Å². The predicted octanol–water partition coefficient (Wildman–Crippen LogP) is 1.42. The third-order valence-corrected chi connectivity index (χ3v) is 4.51. The van der Waals surface area contributed by atoms with Crippen LogP contribution in [0.25, 0.3) is 0 Å². The van der Waals surface area contributed by atoms with Gasteiger partial charge in [-0.1, -0.05) is 58.3 Å². The lowest BCUT2D eigenvalue weighted by molar-refractivity contribution is -0.727. The van der Waals surface area contributed by atoms with Gasteiger partial charge in [-0.05, 0) is 39.0 Å². The Bertz CT molecular complexity index is 184. The van der Waals surface area contributed by atoms with Crippen molar-refractivity contribution >= 4 is 0 Å². The molecule has 1 rings (SSSR count). The standard InChI is InChI=1S/C17H35N.ClH/c1-3-4-5-6-7-8-9-10-11-14-17-15-12-13-16(2)18-17;/h16-18H,3-15H2,1-2H3;1H/t16-,17-;/m1./s1. The molecule has 19 heavy (non-hydrogen) atoms. The zero-order valence-corrected chi connectivity index (χ0v) is 14.1. The third kappa shape index (κ3) is 10.7. The first-order valence-electron chi connectivity index (χ1n) is 8.68. The summed E-state index contributed by atoms with van der Waals surface area (Å²) in [6.45, 7) is 4.69. The summed E-state index contributed by atoms with van der Waals surface area (Å²) in [6, 6.07) is 1.85. The van der Waals surface area contributed by atoms with E-state index in [4.69, 9.17) is 0 Å². The molecule has 2 heteroatoms. The molecule has 0 saturated carbocycles. The van der Waals surface area contributed by atoms with Gasteiger partial charge in [0.1, 0.15) is 0 Å². The fraction of sp³-hybridized carbons (Fsp3) is 1.00. The van der Waals surface area contributed by atoms with E-state index in [9.17, 15) is 0 Å². The van der Waals surface area contributed by atoms with Crippen molar-refractivity contribution in [1.82, 2.24) is 0 Å². The average Bonchev–Trinajstić information content (AvgIpc) is 2.37. The lowest BCUT2D eigenvalue weighted by Crippen LogP contribution is -3.00. The van der Waals surface area contributed by atoms with Crippen molar-refractivity contribution in [2.75, 3.05) is 0 Å². The van der Waals surface area contributed by atoms with Crippen molar-refractivity contribution in [2.45, 2.75) is 109 Å². The lowest BCUT2D eigenvalue weighted by atomic mass is 9.95. The Morgan fingerprint density at radius 3 is 2.00 bits per heavy atom. The van der Waals surface area contributed by atoms with Crippen LogP contribution in [0.3, 0.4) is 0 Å². The normalized spacial score (nSPS) is 23.1. The molecule has 0 aromatic carbocycles. The molecule has 0 unspecified atom stereocenters. The molecule has 116 valence electrons. The number of halogens is 1. The maximum absolute atomic E-state index is 2.63. The van der Waals surface area contributed by atoms with Crippen LogP contribution >= 0.6 is 0 Å². The zero-order valence-electron chi connectivity index (χ0n) is 13.3. The van der Waals surface area contributed by atoms with Gasteiger partial charge in [0.15, 0.2) is 0 Å². The summed E-state index contributed by atoms with van der Waals surface area (Å²) in [5, 5.41) is 2.63. The molecule has 1 aliphatic rings. The lowest BCUT2D eigenvalue weighted by Gasteiger charge is -2.25. The number of rotatable bonds is 10. The maximum atomic E-state index is 2.63. The van der Waals surface area contributed by atoms with Gasteiger partial charge in [0.25, 0.3) is 0 Å². The van der Waals surface area contributed by atoms with Crippen molar-refractivity contribution in [3.8, 4) is 0 Å². The smallest absolute Gasteiger partial charge is 0.0861 e. The fourth-order valence-corrected chi connectivity index (χ4v) is 3.32. The number of hydrogen-bond donors (Lipinski definition) is 1. The van der Waals surface area contributed by atoms with Crippen molar-refractivity contribution in [3.63, 3.8) is 0 Å². The Balaban J connectivity index is 0.00000324. The summed E-state index contributed by atoms with van der Waals surface area (Å²) in [5.41, 5.74) is 0.